The Hall–Kier alpha value is -1.24. The van der Waals surface area contributed by atoms with Crippen molar-refractivity contribution in [2.24, 2.45) is 5.92 Å². The maximum absolute atomic E-state index is 12.8. The zero-order chi connectivity index (χ0) is 16.3. The van der Waals surface area contributed by atoms with Crippen molar-refractivity contribution < 1.29 is 26.3 Å². The summed E-state index contributed by atoms with van der Waals surface area (Å²) in [6.45, 7) is 1.89. The minimum absolute atomic E-state index is 0.0110. The smallest absolute Gasteiger partial charge is 0.312 e. The third kappa shape index (κ3) is 4.62. The normalized spacial score (nSPS) is 14.5. The molecule has 21 heavy (non-hydrogen) atoms. The Kier molecular flexibility index (Phi) is 5.67. The van der Waals surface area contributed by atoms with Gasteiger partial charge >= 0.3 is 12.4 Å². The van der Waals surface area contributed by atoms with Gasteiger partial charge in [-0.2, -0.15) is 26.3 Å². The molecule has 0 bridgehead atoms. The van der Waals surface area contributed by atoms with Crippen molar-refractivity contribution >= 4 is 0 Å². The number of aryl methyl sites for hydroxylation is 1. The molecule has 1 aromatic carbocycles. The number of nitrogens with one attached hydrogen (secondary N) is 1. The fraction of sp³-hybridized carbons (Fsp3) is 0.571. The van der Waals surface area contributed by atoms with E-state index in [1.807, 2.05) is 6.92 Å². The van der Waals surface area contributed by atoms with Crippen molar-refractivity contribution in [3.05, 3.63) is 35.4 Å². The summed E-state index contributed by atoms with van der Waals surface area (Å²) in [4.78, 5) is 0. The summed E-state index contributed by atoms with van der Waals surface area (Å²) in [7, 11) is 1.10. The first kappa shape index (κ1) is 17.8. The molecule has 0 saturated heterocycles. The van der Waals surface area contributed by atoms with Crippen molar-refractivity contribution in [3.8, 4) is 0 Å². The molecule has 1 atom stereocenters. The maximum atomic E-state index is 12.8. The Bertz CT molecular complexity index is 438. The second-order valence-electron chi connectivity index (χ2n) is 4.82. The standard InChI is InChI=1S/C14H17F6N/c1-3-5-9-6-4-7-10(8-9)11(21-2)12(13(15,16)17)14(18,19)20/h4,6-8,11-12,21H,3,5H2,1-2H3. The van der Waals surface area contributed by atoms with Crippen LogP contribution in [-0.2, 0) is 6.42 Å². The summed E-state index contributed by atoms with van der Waals surface area (Å²) in [6, 6.07) is 3.99. The minimum atomic E-state index is -5.37. The lowest BCUT2D eigenvalue weighted by atomic mass is 9.90. The van der Waals surface area contributed by atoms with Gasteiger partial charge in [-0.3, -0.25) is 0 Å². The molecule has 7 heteroatoms. The highest BCUT2D eigenvalue weighted by Gasteiger charge is 2.60. The van der Waals surface area contributed by atoms with Gasteiger partial charge in [-0.1, -0.05) is 37.6 Å². The number of alkyl halides is 6. The van der Waals surface area contributed by atoms with Gasteiger partial charge in [-0.25, -0.2) is 0 Å². The molecule has 0 radical (unpaired) electrons. The largest absolute Gasteiger partial charge is 0.402 e. The van der Waals surface area contributed by atoms with Crippen LogP contribution in [0.3, 0.4) is 0 Å². The van der Waals surface area contributed by atoms with E-state index in [0.717, 1.165) is 19.0 Å². The molecule has 1 N–H and O–H groups in total. The van der Waals surface area contributed by atoms with E-state index in [1.165, 1.54) is 18.2 Å². The van der Waals surface area contributed by atoms with Gasteiger partial charge in [0.2, 0.25) is 0 Å². The molecule has 1 nitrogen and oxygen atoms in total. The molecule has 0 fully saturated rings. The van der Waals surface area contributed by atoms with E-state index >= 15 is 0 Å². The lowest BCUT2D eigenvalue weighted by molar-refractivity contribution is -0.292. The van der Waals surface area contributed by atoms with Crippen molar-refractivity contribution in [1.82, 2.24) is 5.32 Å². The average Bonchev–Trinajstić information content (AvgIpc) is 2.33. The second kappa shape index (κ2) is 6.68. The summed E-state index contributed by atoms with van der Waals surface area (Å²) < 4.78 is 77.0. The summed E-state index contributed by atoms with van der Waals surface area (Å²) in [5.74, 6) is -3.44. The first-order chi connectivity index (χ1) is 9.61. The average molecular weight is 313 g/mol. The topological polar surface area (TPSA) is 12.0 Å². The first-order valence-corrected chi connectivity index (χ1v) is 6.50. The van der Waals surface area contributed by atoms with E-state index in [9.17, 15) is 26.3 Å². The van der Waals surface area contributed by atoms with E-state index in [1.54, 1.807) is 6.07 Å². The van der Waals surface area contributed by atoms with Crippen LogP contribution < -0.4 is 5.32 Å². The van der Waals surface area contributed by atoms with Gasteiger partial charge in [0.05, 0.1) is 6.04 Å². The lowest BCUT2D eigenvalue weighted by Gasteiger charge is -2.31. The molecule has 120 valence electrons. The van der Waals surface area contributed by atoms with Crippen LogP contribution >= 0.6 is 0 Å². The van der Waals surface area contributed by atoms with Crippen LogP contribution in [0.15, 0.2) is 24.3 Å². The molecule has 0 aliphatic heterocycles. The molecule has 0 aliphatic rings. The second-order valence-corrected chi connectivity index (χ2v) is 4.82. The molecule has 0 heterocycles. The maximum Gasteiger partial charge on any atom is 0.402 e. The zero-order valence-electron chi connectivity index (χ0n) is 11.6. The van der Waals surface area contributed by atoms with Crippen LogP contribution in [-0.4, -0.2) is 19.4 Å². The molecular formula is C14H17F6N. The molecule has 0 amide bonds. The fourth-order valence-electron chi connectivity index (χ4n) is 2.32. The lowest BCUT2D eigenvalue weighted by Crippen LogP contribution is -2.45. The molecule has 1 rings (SSSR count). The number of benzene rings is 1. The van der Waals surface area contributed by atoms with Crippen molar-refractivity contribution in [2.45, 2.75) is 38.2 Å². The molecule has 0 spiro atoms. The highest BCUT2D eigenvalue weighted by molar-refractivity contribution is 5.27. The van der Waals surface area contributed by atoms with Crippen molar-refractivity contribution in [1.29, 1.82) is 0 Å². The van der Waals surface area contributed by atoms with Crippen LogP contribution in [0.4, 0.5) is 26.3 Å². The van der Waals surface area contributed by atoms with Gasteiger partial charge in [0.1, 0.15) is 0 Å². The minimum Gasteiger partial charge on any atom is -0.312 e. The summed E-state index contributed by atoms with van der Waals surface area (Å²) in [5, 5.41) is 2.16. The Morgan fingerprint density at radius 3 is 2.05 bits per heavy atom. The highest BCUT2D eigenvalue weighted by Crippen LogP contribution is 2.46. The van der Waals surface area contributed by atoms with E-state index in [-0.39, 0.29) is 5.56 Å². The molecular weight excluding hydrogens is 296 g/mol. The van der Waals surface area contributed by atoms with Crippen LogP contribution in [0, 0.1) is 5.92 Å². The van der Waals surface area contributed by atoms with Gasteiger partial charge in [0.25, 0.3) is 0 Å². The van der Waals surface area contributed by atoms with E-state index in [2.05, 4.69) is 5.32 Å². The SMILES string of the molecule is CCCc1cccc(C(NC)C(C(F)(F)F)C(F)(F)F)c1. The van der Waals surface area contributed by atoms with Crippen LogP contribution in [0.1, 0.15) is 30.5 Å². The molecule has 0 saturated carbocycles. The highest BCUT2D eigenvalue weighted by atomic mass is 19.4. The van der Waals surface area contributed by atoms with Crippen molar-refractivity contribution in [2.75, 3.05) is 7.05 Å². The number of rotatable bonds is 5. The van der Waals surface area contributed by atoms with Gasteiger partial charge in [-0.15, -0.1) is 0 Å². The van der Waals surface area contributed by atoms with Gasteiger partial charge in [-0.05, 0) is 24.6 Å². The Morgan fingerprint density at radius 2 is 1.62 bits per heavy atom. The van der Waals surface area contributed by atoms with Gasteiger partial charge in [0.15, 0.2) is 5.92 Å². The van der Waals surface area contributed by atoms with Crippen LogP contribution in [0.25, 0.3) is 0 Å². The predicted molar refractivity (Wildman–Crippen MR) is 67.8 cm³/mol. The Balaban J connectivity index is 3.23. The summed E-state index contributed by atoms with van der Waals surface area (Å²) in [5.41, 5.74) is 0.710. The summed E-state index contributed by atoms with van der Waals surface area (Å²) in [6.07, 6.45) is -9.37. The zero-order valence-corrected chi connectivity index (χ0v) is 11.6. The monoisotopic (exact) mass is 313 g/mol. The quantitative estimate of drug-likeness (QED) is 0.781. The molecule has 0 aliphatic carbocycles. The fourth-order valence-corrected chi connectivity index (χ4v) is 2.32. The van der Waals surface area contributed by atoms with Crippen LogP contribution in [0.5, 0.6) is 0 Å². The number of halogens is 6. The first-order valence-electron chi connectivity index (χ1n) is 6.50. The van der Waals surface area contributed by atoms with Crippen LogP contribution in [0.2, 0.25) is 0 Å². The van der Waals surface area contributed by atoms with Crippen molar-refractivity contribution in [3.63, 3.8) is 0 Å². The predicted octanol–water partition coefficient (Wildman–Crippen LogP) is 4.64. The van der Waals surface area contributed by atoms with Gasteiger partial charge in [0, 0.05) is 0 Å². The van der Waals surface area contributed by atoms with E-state index in [0.29, 0.717) is 6.42 Å². The van der Waals surface area contributed by atoms with E-state index < -0.39 is 24.3 Å². The number of hydrogen-bond acceptors (Lipinski definition) is 1. The van der Waals surface area contributed by atoms with Gasteiger partial charge < -0.3 is 5.32 Å². The third-order valence-electron chi connectivity index (χ3n) is 3.20. The Labute approximate surface area is 119 Å². The molecule has 1 unspecified atom stereocenters. The Morgan fingerprint density at radius 1 is 1.05 bits per heavy atom. The molecule has 1 aromatic rings. The number of hydrogen-bond donors (Lipinski definition) is 1. The molecule has 0 aromatic heterocycles. The third-order valence-corrected chi connectivity index (χ3v) is 3.20. The summed E-state index contributed by atoms with van der Waals surface area (Å²) >= 11 is 0. The van der Waals surface area contributed by atoms with E-state index in [4.69, 9.17) is 0 Å².